The average molecular weight is 309 g/mol. The van der Waals surface area contributed by atoms with E-state index in [0.717, 1.165) is 37.1 Å². The molecule has 0 bridgehead atoms. The molecule has 120 valence electrons. The largest absolute Gasteiger partial charge is 0.334 e. The number of aromatic nitrogens is 1. The molecule has 1 aliphatic rings. The maximum atomic E-state index is 12.6. The first-order chi connectivity index (χ1) is 11.2. The summed E-state index contributed by atoms with van der Waals surface area (Å²) in [4.78, 5) is 19.0. The van der Waals surface area contributed by atoms with Gasteiger partial charge < -0.3 is 10.2 Å². The summed E-state index contributed by atoms with van der Waals surface area (Å²) in [6, 6.07) is 14.2. The number of urea groups is 1. The van der Waals surface area contributed by atoms with Crippen molar-refractivity contribution in [2.75, 3.05) is 6.54 Å². The molecule has 2 aromatic rings. The molecule has 1 atom stereocenters. The van der Waals surface area contributed by atoms with Gasteiger partial charge in [-0.1, -0.05) is 35.9 Å². The number of likely N-dealkylation sites (tertiary alicyclic amines) is 1. The summed E-state index contributed by atoms with van der Waals surface area (Å²) in [5, 5.41) is 3.05. The lowest BCUT2D eigenvalue weighted by Crippen LogP contribution is -2.44. The lowest BCUT2D eigenvalue weighted by Gasteiger charge is -2.35. The van der Waals surface area contributed by atoms with Crippen LogP contribution in [-0.4, -0.2) is 22.5 Å². The Kier molecular flexibility index (Phi) is 4.91. The number of carbonyl (C=O) groups is 1. The molecule has 1 fully saturated rings. The first-order valence-corrected chi connectivity index (χ1v) is 8.25. The molecule has 0 spiro atoms. The number of carbonyl (C=O) groups excluding carboxylic acids is 1. The smallest absolute Gasteiger partial charge is 0.318 e. The number of hydrogen-bond donors (Lipinski definition) is 1. The molecule has 0 aliphatic carbocycles. The van der Waals surface area contributed by atoms with Crippen LogP contribution in [0.4, 0.5) is 4.79 Å². The standard InChI is InChI=1S/C19H23N3O/c1-15-7-6-8-16(13-15)14-21-19(23)22-12-5-3-10-18(22)17-9-2-4-11-20-17/h2,4,6-9,11,13,18H,3,5,10,12,14H2,1H3,(H,21,23). The third-order valence-electron chi connectivity index (χ3n) is 4.32. The Morgan fingerprint density at radius 1 is 1.26 bits per heavy atom. The van der Waals surface area contributed by atoms with Crippen molar-refractivity contribution in [1.29, 1.82) is 0 Å². The quantitative estimate of drug-likeness (QED) is 0.936. The van der Waals surface area contributed by atoms with Crippen LogP contribution in [0.2, 0.25) is 0 Å². The van der Waals surface area contributed by atoms with Crippen molar-refractivity contribution in [3.63, 3.8) is 0 Å². The van der Waals surface area contributed by atoms with Gasteiger partial charge in [-0.25, -0.2) is 4.79 Å². The number of pyridine rings is 1. The highest BCUT2D eigenvalue weighted by Gasteiger charge is 2.28. The van der Waals surface area contributed by atoms with Gasteiger partial charge in [-0.15, -0.1) is 0 Å². The van der Waals surface area contributed by atoms with Gasteiger partial charge in [0.05, 0.1) is 11.7 Å². The minimum atomic E-state index is 0.00172. The maximum Gasteiger partial charge on any atom is 0.318 e. The molecular weight excluding hydrogens is 286 g/mol. The Labute approximate surface area is 137 Å². The van der Waals surface area contributed by atoms with Crippen molar-refractivity contribution in [2.24, 2.45) is 0 Å². The number of rotatable bonds is 3. The van der Waals surface area contributed by atoms with Gasteiger partial charge in [-0.3, -0.25) is 4.98 Å². The van der Waals surface area contributed by atoms with Crippen molar-refractivity contribution in [3.05, 3.63) is 65.5 Å². The van der Waals surface area contributed by atoms with E-state index in [1.54, 1.807) is 6.20 Å². The van der Waals surface area contributed by atoms with Gasteiger partial charge >= 0.3 is 6.03 Å². The van der Waals surface area contributed by atoms with E-state index in [0.29, 0.717) is 6.54 Å². The number of benzene rings is 1. The van der Waals surface area contributed by atoms with Gasteiger partial charge in [0.25, 0.3) is 0 Å². The van der Waals surface area contributed by atoms with Gasteiger partial charge in [-0.2, -0.15) is 0 Å². The Morgan fingerprint density at radius 3 is 2.96 bits per heavy atom. The summed E-state index contributed by atoms with van der Waals surface area (Å²) in [5.74, 6) is 0. The molecule has 2 heterocycles. The molecule has 1 aliphatic heterocycles. The van der Waals surface area contributed by atoms with Gasteiger partial charge in [0.15, 0.2) is 0 Å². The highest BCUT2D eigenvalue weighted by Crippen LogP contribution is 2.29. The molecule has 1 aromatic carbocycles. The average Bonchev–Trinajstić information content (AvgIpc) is 2.60. The molecule has 0 radical (unpaired) electrons. The zero-order chi connectivity index (χ0) is 16.1. The zero-order valence-corrected chi connectivity index (χ0v) is 13.5. The zero-order valence-electron chi connectivity index (χ0n) is 13.5. The number of hydrogen-bond acceptors (Lipinski definition) is 2. The van der Waals surface area contributed by atoms with E-state index < -0.39 is 0 Å². The highest BCUT2D eigenvalue weighted by atomic mass is 16.2. The van der Waals surface area contributed by atoms with Gasteiger partial charge in [-0.05, 0) is 43.9 Å². The Balaban J connectivity index is 1.67. The van der Waals surface area contributed by atoms with E-state index in [-0.39, 0.29) is 12.1 Å². The second-order valence-electron chi connectivity index (χ2n) is 6.11. The predicted molar refractivity (Wildman–Crippen MR) is 90.9 cm³/mol. The van der Waals surface area contributed by atoms with E-state index in [2.05, 4.69) is 29.4 Å². The number of nitrogens with zero attached hydrogens (tertiary/aromatic N) is 2. The van der Waals surface area contributed by atoms with Gasteiger partial charge in [0.2, 0.25) is 0 Å². The second kappa shape index (κ2) is 7.27. The molecule has 1 saturated heterocycles. The topological polar surface area (TPSA) is 45.2 Å². The summed E-state index contributed by atoms with van der Waals surface area (Å²) >= 11 is 0. The highest BCUT2D eigenvalue weighted by molar-refractivity contribution is 5.74. The molecule has 1 aromatic heterocycles. The first-order valence-electron chi connectivity index (χ1n) is 8.25. The van der Waals surface area contributed by atoms with Crippen molar-refractivity contribution < 1.29 is 4.79 Å². The number of nitrogens with one attached hydrogen (secondary N) is 1. The summed E-state index contributed by atoms with van der Waals surface area (Å²) in [6.45, 7) is 3.42. The fourth-order valence-electron chi connectivity index (χ4n) is 3.16. The minimum absolute atomic E-state index is 0.00172. The second-order valence-corrected chi connectivity index (χ2v) is 6.11. The van der Waals surface area contributed by atoms with Crippen molar-refractivity contribution in [1.82, 2.24) is 15.2 Å². The molecule has 4 heteroatoms. The van der Waals surface area contributed by atoms with Crippen LogP contribution < -0.4 is 5.32 Å². The Morgan fingerprint density at radius 2 is 2.17 bits per heavy atom. The van der Waals surface area contributed by atoms with Crippen LogP contribution in [-0.2, 0) is 6.54 Å². The fourth-order valence-corrected chi connectivity index (χ4v) is 3.16. The van der Waals surface area contributed by atoms with E-state index in [9.17, 15) is 4.79 Å². The summed E-state index contributed by atoms with van der Waals surface area (Å²) in [5.41, 5.74) is 3.32. The Bertz CT molecular complexity index is 657. The van der Waals surface area contributed by atoms with E-state index in [1.165, 1.54) is 5.56 Å². The van der Waals surface area contributed by atoms with Crippen LogP contribution in [0.25, 0.3) is 0 Å². The van der Waals surface area contributed by atoms with Crippen molar-refractivity contribution in [2.45, 2.75) is 38.8 Å². The van der Waals surface area contributed by atoms with Crippen LogP contribution >= 0.6 is 0 Å². The van der Waals surface area contributed by atoms with Crippen LogP contribution in [0, 0.1) is 6.92 Å². The minimum Gasteiger partial charge on any atom is -0.334 e. The summed E-state index contributed by atoms with van der Waals surface area (Å²) in [7, 11) is 0. The third kappa shape index (κ3) is 3.89. The molecule has 0 saturated carbocycles. The molecular formula is C19H23N3O. The monoisotopic (exact) mass is 309 g/mol. The molecule has 3 rings (SSSR count). The number of aryl methyl sites for hydroxylation is 1. The maximum absolute atomic E-state index is 12.6. The first kappa shape index (κ1) is 15.5. The molecule has 23 heavy (non-hydrogen) atoms. The van der Waals surface area contributed by atoms with E-state index in [4.69, 9.17) is 0 Å². The van der Waals surface area contributed by atoms with E-state index in [1.807, 2.05) is 35.2 Å². The SMILES string of the molecule is Cc1cccc(CNC(=O)N2CCCCC2c2ccccn2)c1. The fraction of sp³-hybridized carbons (Fsp3) is 0.368. The molecule has 4 nitrogen and oxygen atoms in total. The van der Waals surface area contributed by atoms with Gasteiger partial charge in [0, 0.05) is 19.3 Å². The van der Waals surface area contributed by atoms with Gasteiger partial charge in [0.1, 0.15) is 0 Å². The number of amides is 2. The normalized spacial score (nSPS) is 17.8. The molecule has 1 N–H and O–H groups in total. The Hall–Kier alpha value is -2.36. The van der Waals surface area contributed by atoms with Crippen molar-refractivity contribution in [3.8, 4) is 0 Å². The van der Waals surface area contributed by atoms with E-state index >= 15 is 0 Å². The predicted octanol–water partition coefficient (Wildman–Crippen LogP) is 3.83. The number of piperidine rings is 1. The summed E-state index contributed by atoms with van der Waals surface area (Å²) < 4.78 is 0. The molecule has 1 unspecified atom stereocenters. The lowest BCUT2D eigenvalue weighted by molar-refractivity contribution is 0.149. The molecule has 2 amide bonds. The van der Waals surface area contributed by atoms with Crippen LogP contribution in [0.1, 0.15) is 42.1 Å². The third-order valence-corrected chi connectivity index (χ3v) is 4.32. The van der Waals surface area contributed by atoms with Crippen LogP contribution in [0.5, 0.6) is 0 Å². The van der Waals surface area contributed by atoms with Crippen LogP contribution in [0.15, 0.2) is 48.7 Å². The summed E-state index contributed by atoms with van der Waals surface area (Å²) in [6.07, 6.45) is 4.98. The van der Waals surface area contributed by atoms with Crippen LogP contribution in [0.3, 0.4) is 0 Å². The van der Waals surface area contributed by atoms with Crippen molar-refractivity contribution >= 4 is 6.03 Å². The lowest BCUT2D eigenvalue weighted by atomic mass is 9.99.